The number of hydrogen-bond acceptors (Lipinski definition) is 4. The smallest absolute Gasteiger partial charge is 0.258 e. The van der Waals surface area contributed by atoms with Crippen LogP contribution in [-0.4, -0.2) is 41.5 Å². The lowest BCUT2D eigenvalue weighted by Crippen LogP contribution is -2.27. The molecule has 150 valence electrons. The monoisotopic (exact) mass is 430 g/mol. The maximum Gasteiger partial charge on any atom is 0.258 e. The van der Waals surface area contributed by atoms with E-state index in [9.17, 15) is 13.2 Å². The summed E-state index contributed by atoms with van der Waals surface area (Å²) in [6.07, 6.45) is 4.84. The Morgan fingerprint density at radius 2 is 1.79 bits per heavy atom. The highest BCUT2D eigenvalue weighted by atomic mass is 35.5. The molecule has 1 aromatic heterocycles. The highest BCUT2D eigenvalue weighted by Gasteiger charge is 2.27. The normalized spacial score (nSPS) is 14.8. The van der Waals surface area contributed by atoms with Crippen molar-refractivity contribution >= 4 is 33.2 Å². The van der Waals surface area contributed by atoms with Crippen LogP contribution in [0, 0.1) is 0 Å². The first-order chi connectivity index (χ1) is 13.9. The second-order valence-corrected chi connectivity index (χ2v) is 9.12. The highest BCUT2D eigenvalue weighted by Crippen LogP contribution is 2.22. The number of carbonyl (C=O) groups is 1. The summed E-state index contributed by atoms with van der Waals surface area (Å²) in [6, 6.07) is 13.3. The van der Waals surface area contributed by atoms with Gasteiger partial charge in [0.1, 0.15) is 0 Å². The fourth-order valence-corrected chi connectivity index (χ4v) is 4.89. The van der Waals surface area contributed by atoms with Crippen molar-refractivity contribution in [1.82, 2.24) is 14.1 Å². The molecular formula is C20H19ClN4O3S. The zero-order valence-corrected chi connectivity index (χ0v) is 17.0. The first-order valence-electron chi connectivity index (χ1n) is 9.16. The van der Waals surface area contributed by atoms with Crippen LogP contribution in [0.2, 0.25) is 5.02 Å². The van der Waals surface area contributed by atoms with Crippen LogP contribution in [0.3, 0.4) is 0 Å². The third kappa shape index (κ3) is 4.19. The van der Waals surface area contributed by atoms with E-state index in [1.807, 2.05) is 6.07 Å². The minimum atomic E-state index is -3.47. The SMILES string of the molecule is O=C(Nc1ccc(S(=O)(=O)N2CCCC2)cc1)c1cnn(-c2cccc(Cl)c2)c1. The van der Waals surface area contributed by atoms with E-state index >= 15 is 0 Å². The van der Waals surface area contributed by atoms with Crippen LogP contribution in [0.15, 0.2) is 65.8 Å². The summed E-state index contributed by atoms with van der Waals surface area (Å²) in [6.45, 7) is 1.11. The second kappa shape index (κ2) is 7.98. The number of aromatic nitrogens is 2. The summed E-state index contributed by atoms with van der Waals surface area (Å²) in [5, 5.41) is 7.53. The summed E-state index contributed by atoms with van der Waals surface area (Å²) < 4.78 is 28.2. The molecule has 3 aromatic rings. The number of nitrogens with zero attached hydrogens (tertiary/aromatic N) is 3. The quantitative estimate of drug-likeness (QED) is 0.670. The molecule has 0 unspecified atom stereocenters. The first-order valence-corrected chi connectivity index (χ1v) is 11.0. The van der Waals surface area contributed by atoms with E-state index in [1.54, 1.807) is 41.2 Å². The number of rotatable bonds is 5. The second-order valence-electron chi connectivity index (χ2n) is 6.74. The lowest BCUT2D eigenvalue weighted by Gasteiger charge is -2.15. The van der Waals surface area contributed by atoms with E-state index in [1.165, 1.54) is 22.6 Å². The lowest BCUT2D eigenvalue weighted by molar-refractivity contribution is 0.102. The average molecular weight is 431 g/mol. The third-order valence-electron chi connectivity index (χ3n) is 4.73. The number of carbonyl (C=O) groups excluding carboxylic acids is 1. The van der Waals surface area contributed by atoms with Crippen LogP contribution in [0.1, 0.15) is 23.2 Å². The van der Waals surface area contributed by atoms with Gasteiger partial charge in [-0.05, 0) is 55.3 Å². The van der Waals surface area contributed by atoms with Crippen LogP contribution < -0.4 is 5.32 Å². The van der Waals surface area contributed by atoms with Crippen molar-refractivity contribution in [1.29, 1.82) is 0 Å². The minimum absolute atomic E-state index is 0.228. The summed E-state index contributed by atoms with van der Waals surface area (Å²) >= 11 is 5.99. The molecule has 0 saturated carbocycles. The van der Waals surface area contributed by atoms with E-state index in [0.29, 0.717) is 29.4 Å². The molecule has 1 aliphatic rings. The topological polar surface area (TPSA) is 84.3 Å². The molecule has 29 heavy (non-hydrogen) atoms. The Labute approximate surface area is 174 Å². The van der Waals surface area contributed by atoms with Crippen molar-refractivity contribution in [3.63, 3.8) is 0 Å². The maximum absolute atomic E-state index is 12.6. The summed E-state index contributed by atoms with van der Waals surface area (Å²) in [5.74, 6) is -0.339. The number of anilines is 1. The Bertz CT molecular complexity index is 1140. The molecule has 0 spiro atoms. The fraction of sp³-hybridized carbons (Fsp3) is 0.200. The Morgan fingerprint density at radius 1 is 1.07 bits per heavy atom. The molecule has 0 bridgehead atoms. The van der Waals surface area contributed by atoms with E-state index in [2.05, 4.69) is 10.4 Å². The van der Waals surface area contributed by atoms with E-state index in [-0.39, 0.29) is 10.8 Å². The van der Waals surface area contributed by atoms with Gasteiger partial charge in [-0.1, -0.05) is 17.7 Å². The van der Waals surface area contributed by atoms with Crippen molar-refractivity contribution in [2.24, 2.45) is 0 Å². The molecule has 0 aliphatic carbocycles. The van der Waals surface area contributed by atoms with Gasteiger partial charge in [0, 0.05) is 30.0 Å². The zero-order chi connectivity index (χ0) is 20.4. The molecule has 4 rings (SSSR count). The van der Waals surface area contributed by atoms with Crippen LogP contribution in [0.25, 0.3) is 5.69 Å². The molecule has 1 N–H and O–H groups in total. The zero-order valence-electron chi connectivity index (χ0n) is 15.5. The van der Waals surface area contributed by atoms with Gasteiger partial charge >= 0.3 is 0 Å². The molecule has 1 saturated heterocycles. The van der Waals surface area contributed by atoms with Crippen molar-refractivity contribution in [2.75, 3.05) is 18.4 Å². The lowest BCUT2D eigenvalue weighted by atomic mass is 10.3. The molecule has 1 amide bonds. The van der Waals surface area contributed by atoms with Gasteiger partial charge in [0.15, 0.2) is 0 Å². The number of nitrogens with one attached hydrogen (secondary N) is 1. The van der Waals surface area contributed by atoms with Gasteiger partial charge in [-0.25, -0.2) is 13.1 Å². The summed E-state index contributed by atoms with van der Waals surface area (Å²) in [5.41, 5.74) is 1.62. The van der Waals surface area contributed by atoms with Crippen LogP contribution in [0.4, 0.5) is 5.69 Å². The van der Waals surface area contributed by atoms with Gasteiger partial charge in [-0.3, -0.25) is 4.79 Å². The third-order valence-corrected chi connectivity index (χ3v) is 6.88. The van der Waals surface area contributed by atoms with Crippen molar-refractivity contribution < 1.29 is 13.2 Å². The first kappa shape index (κ1) is 19.6. The Kier molecular flexibility index (Phi) is 5.40. The molecular weight excluding hydrogens is 412 g/mol. The van der Waals surface area contributed by atoms with Crippen LogP contribution in [0.5, 0.6) is 0 Å². The molecule has 0 atom stereocenters. The fourth-order valence-electron chi connectivity index (χ4n) is 3.19. The predicted molar refractivity (Wildman–Crippen MR) is 111 cm³/mol. The van der Waals surface area contributed by atoms with Gasteiger partial charge in [0.2, 0.25) is 10.0 Å². The van der Waals surface area contributed by atoms with Gasteiger partial charge in [-0.15, -0.1) is 0 Å². The van der Waals surface area contributed by atoms with Gasteiger partial charge in [0.25, 0.3) is 5.91 Å². The summed E-state index contributed by atoms with van der Waals surface area (Å²) in [7, 11) is -3.47. The molecule has 1 fully saturated rings. The maximum atomic E-state index is 12.6. The highest BCUT2D eigenvalue weighted by molar-refractivity contribution is 7.89. The van der Waals surface area contributed by atoms with E-state index in [0.717, 1.165) is 18.5 Å². The predicted octanol–water partition coefficient (Wildman–Crippen LogP) is 3.56. The van der Waals surface area contributed by atoms with E-state index in [4.69, 9.17) is 11.6 Å². The summed E-state index contributed by atoms with van der Waals surface area (Å²) in [4.78, 5) is 12.7. The minimum Gasteiger partial charge on any atom is -0.322 e. The molecule has 9 heteroatoms. The molecule has 2 heterocycles. The number of amides is 1. The number of hydrogen-bond donors (Lipinski definition) is 1. The standard InChI is InChI=1S/C20H19ClN4O3S/c21-16-4-3-5-18(12-16)25-14-15(13-22-25)20(26)23-17-6-8-19(9-7-17)29(27,28)24-10-1-2-11-24/h3-9,12-14H,1-2,10-11H2,(H,23,26). The van der Waals surface area contributed by atoms with Crippen LogP contribution in [-0.2, 0) is 10.0 Å². The Balaban J connectivity index is 1.46. The number of sulfonamides is 1. The largest absolute Gasteiger partial charge is 0.322 e. The molecule has 1 aliphatic heterocycles. The van der Waals surface area contributed by atoms with Crippen molar-refractivity contribution in [3.8, 4) is 5.69 Å². The molecule has 2 aromatic carbocycles. The Hall–Kier alpha value is -2.68. The Morgan fingerprint density at radius 3 is 2.48 bits per heavy atom. The number of halogens is 1. The van der Waals surface area contributed by atoms with Gasteiger partial charge in [-0.2, -0.15) is 9.40 Å². The van der Waals surface area contributed by atoms with Crippen LogP contribution >= 0.6 is 11.6 Å². The molecule has 0 radical (unpaired) electrons. The van der Waals surface area contributed by atoms with Gasteiger partial charge < -0.3 is 5.32 Å². The van der Waals surface area contributed by atoms with Crippen molar-refractivity contribution in [3.05, 3.63) is 71.5 Å². The van der Waals surface area contributed by atoms with Crippen molar-refractivity contribution in [2.45, 2.75) is 17.7 Å². The average Bonchev–Trinajstić information content (AvgIpc) is 3.41. The molecule has 7 nitrogen and oxygen atoms in total. The van der Waals surface area contributed by atoms with Gasteiger partial charge in [0.05, 0.1) is 22.3 Å². The van der Waals surface area contributed by atoms with E-state index < -0.39 is 10.0 Å². The number of benzene rings is 2.